The summed E-state index contributed by atoms with van der Waals surface area (Å²) in [6.07, 6.45) is 5.98. The van der Waals surface area contributed by atoms with E-state index in [0.717, 1.165) is 35.7 Å². The van der Waals surface area contributed by atoms with Crippen molar-refractivity contribution < 1.29 is 14.2 Å². The topological polar surface area (TPSA) is 49.7 Å². The molecule has 164 valence electrons. The van der Waals surface area contributed by atoms with E-state index in [1.807, 2.05) is 48.5 Å². The number of aryl methyl sites for hydroxylation is 1. The van der Waals surface area contributed by atoms with E-state index in [0.29, 0.717) is 24.7 Å². The lowest BCUT2D eigenvalue weighted by Gasteiger charge is -2.17. The molecule has 31 heavy (non-hydrogen) atoms. The van der Waals surface area contributed by atoms with Crippen molar-refractivity contribution in [3.63, 3.8) is 0 Å². The summed E-state index contributed by atoms with van der Waals surface area (Å²) in [6, 6.07) is 15.7. The van der Waals surface area contributed by atoms with E-state index in [1.165, 1.54) is 6.42 Å². The third-order valence-corrected chi connectivity index (χ3v) is 5.12. The maximum absolute atomic E-state index is 13.0. The molecular weight excluding hydrogens is 390 g/mol. The van der Waals surface area contributed by atoms with Gasteiger partial charge in [-0.1, -0.05) is 69.2 Å². The fourth-order valence-corrected chi connectivity index (χ4v) is 3.41. The van der Waals surface area contributed by atoms with Crippen molar-refractivity contribution in [2.45, 2.75) is 39.2 Å². The zero-order valence-corrected chi connectivity index (χ0v) is 18.4. The van der Waals surface area contributed by atoms with Crippen molar-refractivity contribution in [1.82, 2.24) is 4.57 Å². The van der Waals surface area contributed by atoms with Crippen LogP contribution in [0.15, 0.2) is 66.0 Å². The third kappa shape index (κ3) is 5.69. The minimum Gasteiger partial charge on any atom is -0.489 e. The van der Waals surface area contributed by atoms with Gasteiger partial charge in [-0.2, -0.15) is 0 Å². The minimum absolute atomic E-state index is 0.225. The van der Waals surface area contributed by atoms with Crippen molar-refractivity contribution in [1.29, 1.82) is 0 Å². The maximum atomic E-state index is 13.0. The van der Waals surface area contributed by atoms with E-state index in [9.17, 15) is 4.79 Å². The van der Waals surface area contributed by atoms with Gasteiger partial charge in [0.1, 0.15) is 19.0 Å². The monoisotopic (exact) mass is 421 g/mol. The molecule has 2 aromatic carbocycles. The van der Waals surface area contributed by atoms with Gasteiger partial charge in [-0.25, -0.2) is 0 Å². The van der Waals surface area contributed by atoms with E-state index in [2.05, 4.69) is 13.5 Å². The number of rotatable bonds is 12. The minimum atomic E-state index is -0.238. The lowest BCUT2D eigenvalue weighted by Crippen LogP contribution is -2.21. The molecule has 0 saturated carbocycles. The van der Waals surface area contributed by atoms with Crippen LogP contribution in [0.1, 0.15) is 38.2 Å². The SMILES string of the molecule is C=CCOc1c(OCCCCCC)c2ccc(OCc3ccccc3)cc2n(C)c1=O. The fourth-order valence-electron chi connectivity index (χ4n) is 3.41. The first-order valence-corrected chi connectivity index (χ1v) is 10.9. The van der Waals surface area contributed by atoms with Crippen molar-refractivity contribution in [2.75, 3.05) is 13.2 Å². The molecule has 0 aliphatic rings. The van der Waals surface area contributed by atoms with Crippen molar-refractivity contribution in [3.05, 3.63) is 77.1 Å². The van der Waals surface area contributed by atoms with E-state index < -0.39 is 0 Å². The van der Waals surface area contributed by atoms with Gasteiger partial charge in [-0.3, -0.25) is 4.79 Å². The average molecular weight is 422 g/mol. The molecule has 0 radical (unpaired) electrons. The molecule has 3 aromatic rings. The Morgan fingerprint density at radius 3 is 2.52 bits per heavy atom. The van der Waals surface area contributed by atoms with Crippen molar-refractivity contribution in [2.24, 2.45) is 7.05 Å². The molecule has 0 bridgehead atoms. The molecule has 1 heterocycles. The van der Waals surface area contributed by atoms with Gasteiger partial charge in [0.15, 0.2) is 5.75 Å². The summed E-state index contributed by atoms with van der Waals surface area (Å²) < 4.78 is 19.3. The summed E-state index contributed by atoms with van der Waals surface area (Å²) in [5, 5.41) is 0.823. The summed E-state index contributed by atoms with van der Waals surface area (Å²) in [5.41, 5.74) is 1.59. The number of ether oxygens (including phenoxy) is 3. The van der Waals surface area contributed by atoms with Crippen LogP contribution < -0.4 is 19.8 Å². The molecule has 5 nitrogen and oxygen atoms in total. The second-order valence-corrected chi connectivity index (χ2v) is 7.48. The molecule has 0 N–H and O–H groups in total. The lowest BCUT2D eigenvalue weighted by molar-refractivity contribution is 0.276. The van der Waals surface area contributed by atoms with Crippen LogP contribution in [-0.4, -0.2) is 17.8 Å². The van der Waals surface area contributed by atoms with Crippen LogP contribution in [0, 0.1) is 0 Å². The summed E-state index contributed by atoms with van der Waals surface area (Å²) in [4.78, 5) is 13.0. The smallest absolute Gasteiger partial charge is 0.297 e. The first-order chi connectivity index (χ1) is 15.2. The molecular formula is C26H31NO4. The van der Waals surface area contributed by atoms with E-state index >= 15 is 0 Å². The first-order valence-electron chi connectivity index (χ1n) is 10.9. The highest BCUT2D eigenvalue weighted by molar-refractivity contribution is 5.89. The second-order valence-electron chi connectivity index (χ2n) is 7.48. The van der Waals surface area contributed by atoms with Gasteiger partial charge < -0.3 is 18.8 Å². The van der Waals surface area contributed by atoms with E-state index in [-0.39, 0.29) is 17.9 Å². The Bertz CT molecular complexity index is 1060. The van der Waals surface area contributed by atoms with Gasteiger partial charge >= 0.3 is 0 Å². The van der Waals surface area contributed by atoms with Gasteiger partial charge in [0.25, 0.3) is 5.56 Å². The number of unbranched alkanes of at least 4 members (excludes halogenated alkanes) is 3. The molecule has 3 rings (SSSR count). The van der Waals surface area contributed by atoms with Crippen LogP contribution in [0.25, 0.3) is 10.9 Å². The van der Waals surface area contributed by atoms with Crippen LogP contribution in [0.4, 0.5) is 0 Å². The number of aromatic nitrogens is 1. The van der Waals surface area contributed by atoms with Crippen LogP contribution in [0.5, 0.6) is 17.2 Å². The molecule has 0 aliphatic heterocycles. The highest BCUT2D eigenvalue weighted by Crippen LogP contribution is 2.34. The molecule has 0 spiro atoms. The fraction of sp³-hybridized carbons (Fsp3) is 0.346. The summed E-state index contributed by atoms with van der Waals surface area (Å²) in [6.45, 7) is 7.10. The predicted octanol–water partition coefficient (Wildman–Crippen LogP) is 5.64. The number of hydrogen-bond acceptors (Lipinski definition) is 4. The Hall–Kier alpha value is -3.21. The van der Waals surface area contributed by atoms with Crippen LogP contribution in [0.2, 0.25) is 0 Å². The lowest BCUT2D eigenvalue weighted by atomic mass is 10.1. The zero-order valence-electron chi connectivity index (χ0n) is 18.4. The van der Waals surface area contributed by atoms with E-state index in [1.54, 1.807) is 17.7 Å². The maximum Gasteiger partial charge on any atom is 0.297 e. The molecule has 0 aliphatic carbocycles. The summed E-state index contributed by atoms with van der Waals surface area (Å²) in [5.74, 6) is 1.41. The molecule has 0 atom stereocenters. The van der Waals surface area contributed by atoms with Gasteiger partial charge in [-0.05, 0) is 24.1 Å². The van der Waals surface area contributed by atoms with Gasteiger partial charge in [0, 0.05) is 18.5 Å². The average Bonchev–Trinajstić information content (AvgIpc) is 2.80. The largest absolute Gasteiger partial charge is 0.489 e. The van der Waals surface area contributed by atoms with Gasteiger partial charge in [0.2, 0.25) is 5.75 Å². The Kier molecular flexibility index (Phi) is 8.16. The van der Waals surface area contributed by atoms with Crippen molar-refractivity contribution >= 4 is 10.9 Å². The van der Waals surface area contributed by atoms with Crippen molar-refractivity contribution in [3.8, 4) is 17.2 Å². The number of fused-ring (bicyclic) bond motifs is 1. The molecule has 1 aromatic heterocycles. The summed E-state index contributed by atoms with van der Waals surface area (Å²) >= 11 is 0. The van der Waals surface area contributed by atoms with Crippen LogP contribution >= 0.6 is 0 Å². The highest BCUT2D eigenvalue weighted by atomic mass is 16.5. The molecule has 0 saturated heterocycles. The first kappa shape index (κ1) is 22.5. The Labute approximate surface area is 183 Å². The van der Waals surface area contributed by atoms with Crippen LogP contribution in [-0.2, 0) is 13.7 Å². The number of pyridine rings is 1. The van der Waals surface area contributed by atoms with E-state index in [4.69, 9.17) is 14.2 Å². The Morgan fingerprint density at radius 2 is 1.77 bits per heavy atom. The molecule has 0 fully saturated rings. The Balaban J connectivity index is 1.92. The third-order valence-electron chi connectivity index (χ3n) is 5.12. The van der Waals surface area contributed by atoms with Gasteiger partial charge in [0.05, 0.1) is 12.1 Å². The normalized spacial score (nSPS) is 10.8. The standard InChI is InChI=1S/C26H31NO4/c1-4-6-7-11-17-30-24-22-15-14-21(31-19-20-12-9-8-10-13-20)18-23(22)27(3)26(28)25(24)29-16-5-2/h5,8-10,12-15,18H,2,4,6-7,11,16-17,19H2,1,3H3. The van der Waals surface area contributed by atoms with Gasteiger partial charge in [-0.15, -0.1) is 0 Å². The summed E-state index contributed by atoms with van der Waals surface area (Å²) in [7, 11) is 1.73. The highest BCUT2D eigenvalue weighted by Gasteiger charge is 2.18. The quantitative estimate of drug-likeness (QED) is 0.280. The predicted molar refractivity (Wildman–Crippen MR) is 125 cm³/mol. The molecule has 5 heteroatoms. The number of nitrogens with zero attached hydrogens (tertiary/aromatic N) is 1. The number of hydrogen-bond donors (Lipinski definition) is 0. The zero-order chi connectivity index (χ0) is 22.1. The molecule has 0 unspecified atom stereocenters. The number of benzene rings is 2. The second kappa shape index (κ2) is 11.3. The molecule has 0 amide bonds. The Morgan fingerprint density at radius 1 is 0.968 bits per heavy atom. The van der Waals surface area contributed by atoms with Crippen LogP contribution in [0.3, 0.4) is 0 Å².